The number of likely N-dealkylation sites (N-methyl/N-ethyl adjacent to an activating group) is 1. The van der Waals surface area contributed by atoms with E-state index in [-0.39, 0.29) is 22.8 Å². The lowest BCUT2D eigenvalue weighted by Gasteiger charge is -2.15. The normalized spacial score (nSPS) is 10.8. The molecule has 2 aromatic rings. The minimum absolute atomic E-state index is 0.0364. The third kappa shape index (κ3) is 5.75. The topological polar surface area (TPSA) is 99.9 Å². The van der Waals surface area contributed by atoms with E-state index >= 15 is 0 Å². The molecule has 0 fully saturated rings. The van der Waals surface area contributed by atoms with E-state index in [4.69, 9.17) is 26.2 Å². The Bertz CT molecular complexity index is 1010. The minimum atomic E-state index is -1.00. The summed E-state index contributed by atoms with van der Waals surface area (Å²) in [5.41, 5.74) is 1.42. The number of carbonyl (C=O) groups excluding carboxylic acids is 1. The summed E-state index contributed by atoms with van der Waals surface area (Å²) in [4.78, 5) is 24.3. The smallest absolute Gasteiger partial charge is 0.335 e. The molecule has 0 aliphatic carbocycles. The van der Waals surface area contributed by atoms with Gasteiger partial charge >= 0.3 is 5.97 Å². The molecule has 0 bridgehead atoms. The fourth-order valence-corrected chi connectivity index (χ4v) is 2.80. The van der Waals surface area contributed by atoms with Gasteiger partial charge in [-0.3, -0.25) is 4.79 Å². The Balaban J connectivity index is 2.31. The van der Waals surface area contributed by atoms with Crippen LogP contribution in [0.4, 0.5) is 0 Å². The molecule has 156 valence electrons. The summed E-state index contributed by atoms with van der Waals surface area (Å²) >= 11 is 6.38. The van der Waals surface area contributed by atoms with Crippen molar-refractivity contribution in [3.63, 3.8) is 0 Å². The third-order valence-corrected chi connectivity index (χ3v) is 4.26. The van der Waals surface area contributed by atoms with Gasteiger partial charge < -0.3 is 19.5 Å². The van der Waals surface area contributed by atoms with Gasteiger partial charge in [0.05, 0.1) is 17.2 Å². The number of benzene rings is 2. The molecule has 2 aromatic carbocycles. The van der Waals surface area contributed by atoms with E-state index < -0.39 is 11.9 Å². The van der Waals surface area contributed by atoms with Crippen LogP contribution in [0.5, 0.6) is 11.5 Å². The summed E-state index contributed by atoms with van der Waals surface area (Å²) in [5, 5.41) is 18.5. The average Bonchev–Trinajstić information content (AvgIpc) is 2.71. The highest BCUT2D eigenvalue weighted by Crippen LogP contribution is 2.38. The standard InChI is InChI=1S/C22H21ClN2O5/c1-4-29-19-11-15(9-17(12-24)21(26)25(2)3)10-18(23)20(19)30-13-14-5-7-16(8-6-14)22(27)28/h5-11H,4,13H2,1-3H3,(H,27,28)/b17-9-. The van der Waals surface area contributed by atoms with Crippen LogP contribution in [-0.4, -0.2) is 42.6 Å². The molecule has 0 atom stereocenters. The van der Waals surface area contributed by atoms with E-state index in [1.807, 2.05) is 6.07 Å². The first-order chi connectivity index (χ1) is 14.3. The molecule has 0 saturated carbocycles. The van der Waals surface area contributed by atoms with Crippen molar-refractivity contribution in [2.75, 3.05) is 20.7 Å². The van der Waals surface area contributed by atoms with Gasteiger partial charge in [-0.25, -0.2) is 4.79 Å². The maximum Gasteiger partial charge on any atom is 0.335 e. The fourth-order valence-electron chi connectivity index (χ4n) is 2.52. The Morgan fingerprint density at radius 3 is 2.40 bits per heavy atom. The van der Waals surface area contributed by atoms with Crippen molar-refractivity contribution in [3.05, 3.63) is 63.7 Å². The average molecular weight is 429 g/mol. The third-order valence-electron chi connectivity index (χ3n) is 3.98. The predicted octanol–water partition coefficient (Wildman–Crippen LogP) is 4.01. The zero-order valence-electron chi connectivity index (χ0n) is 16.8. The number of ether oxygens (including phenoxy) is 2. The highest BCUT2D eigenvalue weighted by molar-refractivity contribution is 6.32. The quantitative estimate of drug-likeness (QED) is 0.503. The Morgan fingerprint density at radius 2 is 1.87 bits per heavy atom. The van der Waals surface area contributed by atoms with Gasteiger partial charge in [0.2, 0.25) is 0 Å². The molecule has 8 heteroatoms. The van der Waals surface area contributed by atoms with E-state index in [1.54, 1.807) is 45.3 Å². The Morgan fingerprint density at radius 1 is 1.20 bits per heavy atom. The van der Waals surface area contributed by atoms with Crippen molar-refractivity contribution in [3.8, 4) is 17.6 Å². The summed E-state index contributed by atoms with van der Waals surface area (Å²) < 4.78 is 11.4. The van der Waals surface area contributed by atoms with Gasteiger partial charge in [-0.05, 0) is 48.4 Å². The SMILES string of the molecule is CCOc1cc(/C=C(/C#N)C(=O)N(C)C)cc(Cl)c1OCc1ccc(C(=O)O)cc1. The fraction of sp³-hybridized carbons (Fsp3) is 0.227. The number of hydrogen-bond acceptors (Lipinski definition) is 5. The second-order valence-corrected chi connectivity index (χ2v) is 6.83. The van der Waals surface area contributed by atoms with Crippen LogP contribution in [0.3, 0.4) is 0 Å². The number of amides is 1. The number of hydrogen-bond donors (Lipinski definition) is 1. The lowest BCUT2D eigenvalue weighted by atomic mass is 10.1. The zero-order valence-corrected chi connectivity index (χ0v) is 17.6. The number of carboxylic acids is 1. The molecule has 0 heterocycles. The predicted molar refractivity (Wildman–Crippen MR) is 113 cm³/mol. The number of carbonyl (C=O) groups is 2. The van der Waals surface area contributed by atoms with Crippen LogP contribution in [0.25, 0.3) is 6.08 Å². The number of aromatic carboxylic acids is 1. The lowest BCUT2D eigenvalue weighted by molar-refractivity contribution is -0.124. The van der Waals surface area contributed by atoms with Crippen LogP contribution >= 0.6 is 11.6 Å². The summed E-state index contributed by atoms with van der Waals surface area (Å²) in [7, 11) is 3.12. The van der Waals surface area contributed by atoms with E-state index in [0.717, 1.165) is 5.56 Å². The number of rotatable bonds is 8. The number of halogens is 1. The highest BCUT2D eigenvalue weighted by Gasteiger charge is 2.15. The molecule has 0 aromatic heterocycles. The van der Waals surface area contributed by atoms with Gasteiger partial charge in [-0.2, -0.15) is 5.26 Å². The molecule has 0 radical (unpaired) electrons. The second kappa shape index (κ2) is 10.3. The van der Waals surface area contributed by atoms with Crippen molar-refractivity contribution in [2.45, 2.75) is 13.5 Å². The van der Waals surface area contributed by atoms with E-state index in [9.17, 15) is 14.9 Å². The van der Waals surface area contributed by atoms with Crippen LogP contribution < -0.4 is 9.47 Å². The summed E-state index contributed by atoms with van der Waals surface area (Å²) in [6.07, 6.45) is 1.44. The van der Waals surface area contributed by atoms with Gasteiger partial charge in [0, 0.05) is 14.1 Å². The van der Waals surface area contributed by atoms with E-state index in [0.29, 0.717) is 23.7 Å². The van der Waals surface area contributed by atoms with Gasteiger partial charge in [0.1, 0.15) is 18.2 Å². The number of nitrogens with zero attached hydrogens (tertiary/aromatic N) is 2. The molecule has 2 rings (SSSR count). The molecule has 1 N–H and O–H groups in total. The monoisotopic (exact) mass is 428 g/mol. The molecule has 0 aliphatic heterocycles. The van der Waals surface area contributed by atoms with E-state index in [2.05, 4.69) is 0 Å². The minimum Gasteiger partial charge on any atom is -0.490 e. The summed E-state index contributed by atoms with van der Waals surface area (Å²) in [6.45, 7) is 2.31. The van der Waals surface area contributed by atoms with Crippen molar-refractivity contribution in [2.24, 2.45) is 0 Å². The largest absolute Gasteiger partial charge is 0.490 e. The van der Waals surface area contributed by atoms with Gasteiger partial charge in [-0.1, -0.05) is 23.7 Å². The maximum absolute atomic E-state index is 12.1. The maximum atomic E-state index is 12.1. The Kier molecular flexibility index (Phi) is 7.84. The van der Waals surface area contributed by atoms with Crippen molar-refractivity contribution < 1.29 is 24.2 Å². The molecule has 0 unspecified atom stereocenters. The van der Waals surface area contributed by atoms with Crippen LogP contribution in [0.1, 0.15) is 28.4 Å². The van der Waals surface area contributed by atoms with Gasteiger partial charge in [-0.15, -0.1) is 0 Å². The summed E-state index contributed by atoms with van der Waals surface area (Å²) in [5.74, 6) is -0.739. The lowest BCUT2D eigenvalue weighted by Crippen LogP contribution is -2.22. The molecule has 7 nitrogen and oxygen atoms in total. The first-order valence-corrected chi connectivity index (χ1v) is 9.39. The van der Waals surface area contributed by atoms with Crippen LogP contribution in [0.2, 0.25) is 5.02 Å². The first kappa shape index (κ1) is 22.8. The van der Waals surface area contributed by atoms with Crippen molar-refractivity contribution in [1.29, 1.82) is 5.26 Å². The van der Waals surface area contributed by atoms with Gasteiger partial charge in [0.15, 0.2) is 11.5 Å². The second-order valence-electron chi connectivity index (χ2n) is 6.42. The van der Waals surface area contributed by atoms with E-state index in [1.165, 1.54) is 23.1 Å². The molecule has 30 heavy (non-hydrogen) atoms. The van der Waals surface area contributed by atoms with Gasteiger partial charge in [0.25, 0.3) is 5.91 Å². The Labute approximate surface area is 179 Å². The number of carboxylic acid groups (broad SMARTS) is 1. The Hall–Kier alpha value is -3.50. The molecular weight excluding hydrogens is 408 g/mol. The first-order valence-electron chi connectivity index (χ1n) is 9.01. The molecular formula is C22H21ClN2O5. The van der Waals surface area contributed by atoms with Crippen LogP contribution in [0.15, 0.2) is 42.0 Å². The molecule has 0 spiro atoms. The van der Waals surface area contributed by atoms with Crippen molar-refractivity contribution >= 4 is 29.6 Å². The van der Waals surface area contributed by atoms with Crippen LogP contribution in [0, 0.1) is 11.3 Å². The highest BCUT2D eigenvalue weighted by atomic mass is 35.5. The summed E-state index contributed by atoms with van der Waals surface area (Å²) in [6, 6.07) is 11.4. The molecule has 0 aliphatic rings. The van der Waals surface area contributed by atoms with Crippen molar-refractivity contribution in [1.82, 2.24) is 4.90 Å². The van der Waals surface area contributed by atoms with Crippen LogP contribution in [-0.2, 0) is 11.4 Å². The number of nitriles is 1. The molecule has 0 saturated heterocycles. The zero-order chi connectivity index (χ0) is 22.3. The molecule has 1 amide bonds.